The lowest BCUT2D eigenvalue weighted by Crippen LogP contribution is -2.33. The van der Waals surface area contributed by atoms with Gasteiger partial charge in [-0.05, 0) is 70.1 Å². The standard InChI is InChI=1S/C22H31N3O2.C2H5NO/c1-18(8-7-15-26)25-17-20-16-19(10-11-21(20)22(25)27)9-3-4-13-24-14-6-5-12-23-2;1-3-2-4/h10-11,15-16,18,23-24H,4-8,12-14,17H2,1-2H3;2H,1H3,(H,3,4). The summed E-state index contributed by atoms with van der Waals surface area (Å²) in [5.74, 6) is 6.47. The Morgan fingerprint density at radius 3 is 2.58 bits per heavy atom. The van der Waals surface area contributed by atoms with Crippen molar-refractivity contribution in [3.05, 3.63) is 34.9 Å². The zero-order valence-electron chi connectivity index (χ0n) is 19.0. The van der Waals surface area contributed by atoms with E-state index in [9.17, 15) is 9.59 Å². The average Bonchev–Trinajstić information content (AvgIpc) is 3.12. The van der Waals surface area contributed by atoms with Crippen LogP contribution < -0.4 is 16.0 Å². The number of rotatable bonds is 12. The van der Waals surface area contributed by atoms with Gasteiger partial charge in [-0.2, -0.15) is 0 Å². The van der Waals surface area contributed by atoms with E-state index in [2.05, 4.69) is 27.8 Å². The maximum absolute atomic E-state index is 12.5. The van der Waals surface area contributed by atoms with Gasteiger partial charge in [0, 0.05) is 50.1 Å². The van der Waals surface area contributed by atoms with Crippen LogP contribution in [0.25, 0.3) is 0 Å². The van der Waals surface area contributed by atoms with Crippen molar-refractivity contribution in [3.63, 3.8) is 0 Å². The molecular weight excluding hydrogens is 392 g/mol. The largest absolute Gasteiger partial charge is 0.362 e. The van der Waals surface area contributed by atoms with Crippen molar-refractivity contribution in [3.8, 4) is 11.8 Å². The van der Waals surface area contributed by atoms with Gasteiger partial charge in [0.1, 0.15) is 6.29 Å². The molecule has 0 radical (unpaired) electrons. The highest BCUT2D eigenvalue weighted by Gasteiger charge is 2.30. The number of fused-ring (bicyclic) bond motifs is 1. The number of amides is 2. The van der Waals surface area contributed by atoms with E-state index in [1.54, 1.807) is 7.05 Å². The van der Waals surface area contributed by atoms with Gasteiger partial charge in [0.05, 0.1) is 0 Å². The van der Waals surface area contributed by atoms with Crippen LogP contribution in [0.1, 0.15) is 60.5 Å². The molecule has 1 atom stereocenters. The first-order valence-corrected chi connectivity index (χ1v) is 10.9. The molecule has 7 nitrogen and oxygen atoms in total. The molecule has 0 aromatic heterocycles. The molecule has 3 N–H and O–H groups in total. The van der Waals surface area contributed by atoms with Crippen LogP contribution in [0.3, 0.4) is 0 Å². The van der Waals surface area contributed by atoms with Crippen LogP contribution in [0.5, 0.6) is 0 Å². The van der Waals surface area contributed by atoms with E-state index in [0.29, 0.717) is 25.8 Å². The lowest BCUT2D eigenvalue weighted by Gasteiger charge is -2.23. The zero-order valence-corrected chi connectivity index (χ0v) is 19.0. The molecule has 7 heteroatoms. The van der Waals surface area contributed by atoms with Gasteiger partial charge in [-0.25, -0.2) is 0 Å². The normalized spacial score (nSPS) is 12.7. The molecule has 1 aliphatic heterocycles. The Hall–Kier alpha value is -2.69. The third-order valence-electron chi connectivity index (χ3n) is 4.98. The third-order valence-corrected chi connectivity index (χ3v) is 4.98. The maximum Gasteiger partial charge on any atom is 0.254 e. The fourth-order valence-corrected chi connectivity index (χ4v) is 3.23. The quantitative estimate of drug-likeness (QED) is 0.268. The molecule has 31 heavy (non-hydrogen) atoms. The molecule has 1 unspecified atom stereocenters. The zero-order chi connectivity index (χ0) is 22.9. The molecule has 1 aromatic carbocycles. The molecular formula is C24H36N4O3. The van der Waals surface area contributed by atoms with Gasteiger partial charge in [-0.3, -0.25) is 9.59 Å². The van der Waals surface area contributed by atoms with Crippen molar-refractivity contribution in [1.29, 1.82) is 0 Å². The second-order valence-corrected chi connectivity index (χ2v) is 7.42. The van der Waals surface area contributed by atoms with Gasteiger partial charge in [0.15, 0.2) is 0 Å². The number of hydrogen-bond donors (Lipinski definition) is 3. The molecule has 1 heterocycles. The molecule has 1 aromatic rings. The fraction of sp³-hybridized carbons (Fsp3) is 0.542. The molecule has 170 valence electrons. The average molecular weight is 429 g/mol. The Balaban J connectivity index is 0.00000110. The van der Waals surface area contributed by atoms with Gasteiger partial charge >= 0.3 is 0 Å². The number of hydrogen-bond acceptors (Lipinski definition) is 5. The van der Waals surface area contributed by atoms with Gasteiger partial charge in [0.2, 0.25) is 6.41 Å². The van der Waals surface area contributed by atoms with E-state index in [4.69, 9.17) is 4.79 Å². The SMILES string of the molecule is CNC=O.CNCCCCNCCC#Cc1ccc2c(c1)CN(C(C)CCC=O)C2=O. The van der Waals surface area contributed by atoms with E-state index < -0.39 is 0 Å². The smallest absolute Gasteiger partial charge is 0.254 e. The molecule has 0 bridgehead atoms. The summed E-state index contributed by atoms with van der Waals surface area (Å²) < 4.78 is 0. The van der Waals surface area contributed by atoms with Gasteiger partial charge in [-0.1, -0.05) is 11.8 Å². The van der Waals surface area contributed by atoms with Crippen molar-refractivity contribution < 1.29 is 14.4 Å². The van der Waals surface area contributed by atoms with Crippen LogP contribution >= 0.6 is 0 Å². The predicted molar refractivity (Wildman–Crippen MR) is 124 cm³/mol. The molecule has 0 fully saturated rings. The number of carbonyl (C=O) groups excluding carboxylic acids is 3. The minimum atomic E-state index is 0.0605. The van der Waals surface area contributed by atoms with Crippen LogP contribution in [-0.2, 0) is 16.1 Å². The highest BCUT2D eigenvalue weighted by atomic mass is 16.2. The number of aldehydes is 1. The summed E-state index contributed by atoms with van der Waals surface area (Å²) in [5.41, 5.74) is 2.76. The third kappa shape index (κ3) is 9.77. The molecule has 0 aliphatic carbocycles. The van der Waals surface area contributed by atoms with Crippen molar-refractivity contribution in [2.45, 2.75) is 51.6 Å². The molecule has 1 aliphatic rings. The molecule has 2 rings (SSSR count). The van der Waals surface area contributed by atoms with E-state index in [1.807, 2.05) is 37.1 Å². The summed E-state index contributed by atoms with van der Waals surface area (Å²) >= 11 is 0. The fourth-order valence-electron chi connectivity index (χ4n) is 3.23. The lowest BCUT2D eigenvalue weighted by atomic mass is 10.1. The minimum absolute atomic E-state index is 0.0605. The second kappa shape index (κ2) is 16.1. The molecule has 0 saturated heterocycles. The van der Waals surface area contributed by atoms with E-state index in [-0.39, 0.29) is 11.9 Å². The summed E-state index contributed by atoms with van der Waals surface area (Å²) in [6.45, 7) is 5.60. The summed E-state index contributed by atoms with van der Waals surface area (Å²) in [4.78, 5) is 34.0. The van der Waals surface area contributed by atoms with Crippen LogP contribution in [0.4, 0.5) is 0 Å². The number of nitrogens with one attached hydrogen (secondary N) is 3. The van der Waals surface area contributed by atoms with E-state index in [0.717, 1.165) is 49.0 Å². The predicted octanol–water partition coefficient (Wildman–Crippen LogP) is 1.70. The monoisotopic (exact) mass is 428 g/mol. The second-order valence-electron chi connectivity index (χ2n) is 7.42. The van der Waals surface area contributed by atoms with E-state index in [1.165, 1.54) is 12.8 Å². The Morgan fingerprint density at radius 1 is 1.16 bits per heavy atom. The van der Waals surface area contributed by atoms with Crippen molar-refractivity contribution in [2.24, 2.45) is 0 Å². The Morgan fingerprint density at radius 2 is 1.90 bits per heavy atom. The van der Waals surface area contributed by atoms with Crippen LogP contribution in [-0.4, -0.2) is 63.3 Å². The lowest BCUT2D eigenvalue weighted by molar-refractivity contribution is -0.109. The number of benzene rings is 1. The first kappa shape index (κ1) is 26.3. The first-order chi connectivity index (χ1) is 15.1. The summed E-state index contributed by atoms with van der Waals surface area (Å²) in [6, 6.07) is 5.91. The van der Waals surface area contributed by atoms with Crippen LogP contribution in [0.15, 0.2) is 18.2 Å². The van der Waals surface area contributed by atoms with Gasteiger partial charge < -0.3 is 25.6 Å². The van der Waals surface area contributed by atoms with E-state index >= 15 is 0 Å². The minimum Gasteiger partial charge on any atom is -0.362 e. The Kier molecular flexibility index (Phi) is 13.6. The number of unbranched alkanes of at least 4 members (excludes halogenated alkanes) is 1. The highest BCUT2D eigenvalue weighted by molar-refractivity contribution is 5.98. The van der Waals surface area contributed by atoms with Crippen LogP contribution in [0, 0.1) is 11.8 Å². The summed E-state index contributed by atoms with van der Waals surface area (Å²) in [5, 5.41) is 8.80. The maximum atomic E-state index is 12.5. The van der Waals surface area contributed by atoms with Crippen molar-refractivity contribution in [1.82, 2.24) is 20.9 Å². The van der Waals surface area contributed by atoms with Crippen molar-refractivity contribution in [2.75, 3.05) is 33.7 Å². The molecule has 2 amide bonds. The molecule has 0 saturated carbocycles. The first-order valence-electron chi connectivity index (χ1n) is 10.9. The number of nitrogens with zero attached hydrogens (tertiary/aromatic N) is 1. The summed E-state index contributed by atoms with van der Waals surface area (Å²) in [7, 11) is 3.54. The van der Waals surface area contributed by atoms with Crippen molar-refractivity contribution >= 4 is 18.6 Å². The molecule has 0 spiro atoms. The van der Waals surface area contributed by atoms with Crippen LogP contribution in [0.2, 0.25) is 0 Å². The summed E-state index contributed by atoms with van der Waals surface area (Å²) in [6.07, 6.45) is 5.91. The van der Waals surface area contributed by atoms with Gasteiger partial charge in [0.25, 0.3) is 5.91 Å². The Bertz CT molecular complexity index is 755. The number of carbonyl (C=O) groups is 3. The van der Waals surface area contributed by atoms with Gasteiger partial charge in [-0.15, -0.1) is 0 Å². The Labute approximate surface area is 186 Å². The highest BCUT2D eigenvalue weighted by Crippen LogP contribution is 2.26. The topological polar surface area (TPSA) is 90.5 Å².